The van der Waals surface area contributed by atoms with Crippen LogP contribution >= 0.6 is 0 Å². The number of hydrogen-bond acceptors (Lipinski definition) is 3. The van der Waals surface area contributed by atoms with Crippen LogP contribution in [0.1, 0.15) is 52.9 Å². The topological polar surface area (TPSA) is 75.6 Å². The second-order valence-corrected chi connectivity index (χ2v) is 6.37. The van der Waals surface area contributed by atoms with Gasteiger partial charge in [0, 0.05) is 13.0 Å². The fraction of sp³-hybridized carbons (Fsp3) is 0.857. The van der Waals surface area contributed by atoms with Gasteiger partial charge in [0.05, 0.1) is 0 Å². The Labute approximate surface area is 114 Å². The summed E-state index contributed by atoms with van der Waals surface area (Å²) >= 11 is 0. The van der Waals surface area contributed by atoms with Crippen LogP contribution in [0.4, 0.5) is 4.79 Å². The molecule has 0 saturated heterocycles. The molecule has 0 aromatic heterocycles. The minimum absolute atomic E-state index is 0.270. The van der Waals surface area contributed by atoms with Crippen molar-refractivity contribution in [2.45, 2.75) is 58.5 Å². The van der Waals surface area contributed by atoms with E-state index in [4.69, 9.17) is 9.84 Å². The predicted octanol–water partition coefficient (Wildman–Crippen LogP) is 2.79. The standard InChI is InChI=1S/C14H25NO4/c1-14(2,3)19-13(18)15-9-11-6-4-10(5-7-11)8-12(16)17/h10-11H,4-9H2,1-3H3,(H,15,18)(H,16,17)/t10-,11+. The van der Waals surface area contributed by atoms with E-state index >= 15 is 0 Å². The normalized spacial score (nSPS) is 23.7. The van der Waals surface area contributed by atoms with Crippen LogP contribution in [0.2, 0.25) is 0 Å². The van der Waals surface area contributed by atoms with Crippen LogP contribution < -0.4 is 5.32 Å². The van der Waals surface area contributed by atoms with Crippen LogP contribution in [-0.4, -0.2) is 29.3 Å². The number of hydrogen-bond donors (Lipinski definition) is 2. The molecule has 5 heteroatoms. The Kier molecular flexibility index (Phi) is 5.63. The van der Waals surface area contributed by atoms with E-state index in [1.54, 1.807) is 0 Å². The maximum Gasteiger partial charge on any atom is 0.407 e. The summed E-state index contributed by atoms with van der Waals surface area (Å²) in [7, 11) is 0. The number of ether oxygens (including phenoxy) is 1. The monoisotopic (exact) mass is 271 g/mol. The van der Waals surface area contributed by atoms with E-state index in [1.807, 2.05) is 20.8 Å². The summed E-state index contributed by atoms with van der Waals surface area (Å²) in [6.45, 7) is 6.13. The first-order chi connectivity index (χ1) is 8.76. The largest absolute Gasteiger partial charge is 0.481 e. The first-order valence-electron chi connectivity index (χ1n) is 6.95. The minimum Gasteiger partial charge on any atom is -0.481 e. The third-order valence-corrected chi connectivity index (χ3v) is 3.36. The maximum absolute atomic E-state index is 11.5. The van der Waals surface area contributed by atoms with Gasteiger partial charge in [-0.25, -0.2) is 4.79 Å². The summed E-state index contributed by atoms with van der Waals surface area (Å²) in [6.07, 6.45) is 3.73. The molecule has 2 N–H and O–H groups in total. The fourth-order valence-electron chi connectivity index (χ4n) is 2.43. The van der Waals surface area contributed by atoms with Crippen LogP contribution in [0.25, 0.3) is 0 Å². The van der Waals surface area contributed by atoms with Crippen molar-refractivity contribution in [1.82, 2.24) is 5.32 Å². The maximum atomic E-state index is 11.5. The minimum atomic E-state index is -0.713. The Hall–Kier alpha value is -1.26. The van der Waals surface area contributed by atoms with Gasteiger partial charge in [-0.2, -0.15) is 0 Å². The number of alkyl carbamates (subject to hydrolysis) is 1. The van der Waals surface area contributed by atoms with E-state index in [0.717, 1.165) is 25.7 Å². The number of carboxylic acid groups (broad SMARTS) is 1. The molecule has 0 bridgehead atoms. The number of carboxylic acids is 1. The number of carbonyl (C=O) groups excluding carboxylic acids is 1. The molecule has 0 unspecified atom stereocenters. The molecule has 1 saturated carbocycles. The van der Waals surface area contributed by atoms with Gasteiger partial charge < -0.3 is 15.2 Å². The van der Waals surface area contributed by atoms with Crippen molar-refractivity contribution in [3.05, 3.63) is 0 Å². The van der Waals surface area contributed by atoms with E-state index in [1.165, 1.54) is 0 Å². The SMILES string of the molecule is CC(C)(C)OC(=O)NC[C@H]1CC[C@@H](CC(=O)O)CC1. The fourth-order valence-corrected chi connectivity index (χ4v) is 2.43. The first kappa shape index (κ1) is 15.8. The van der Waals surface area contributed by atoms with E-state index in [2.05, 4.69) is 5.32 Å². The molecule has 19 heavy (non-hydrogen) atoms. The summed E-state index contributed by atoms with van der Waals surface area (Å²) in [5.74, 6) is 0.0307. The Bertz CT molecular complexity index is 314. The van der Waals surface area contributed by atoms with Crippen molar-refractivity contribution in [3.8, 4) is 0 Å². The van der Waals surface area contributed by atoms with Crippen LogP contribution in [-0.2, 0) is 9.53 Å². The number of carbonyl (C=O) groups is 2. The Morgan fingerprint density at radius 1 is 1.16 bits per heavy atom. The molecule has 0 atom stereocenters. The van der Waals surface area contributed by atoms with Crippen molar-refractivity contribution >= 4 is 12.1 Å². The summed E-state index contributed by atoms with van der Waals surface area (Å²) in [6, 6.07) is 0. The van der Waals surface area contributed by atoms with Gasteiger partial charge in [-0.1, -0.05) is 0 Å². The molecular weight excluding hydrogens is 246 g/mol. The zero-order valence-corrected chi connectivity index (χ0v) is 12.1. The van der Waals surface area contributed by atoms with Gasteiger partial charge in [0.25, 0.3) is 0 Å². The van der Waals surface area contributed by atoms with Gasteiger partial charge >= 0.3 is 12.1 Å². The zero-order valence-electron chi connectivity index (χ0n) is 12.1. The molecule has 0 aromatic carbocycles. The molecule has 0 spiro atoms. The molecule has 0 aromatic rings. The number of nitrogens with one attached hydrogen (secondary N) is 1. The highest BCUT2D eigenvalue weighted by molar-refractivity contribution is 5.67. The van der Waals surface area contributed by atoms with Crippen molar-refractivity contribution in [3.63, 3.8) is 0 Å². The van der Waals surface area contributed by atoms with Gasteiger partial charge in [0.1, 0.15) is 5.60 Å². The van der Waals surface area contributed by atoms with Crippen molar-refractivity contribution < 1.29 is 19.4 Å². The lowest BCUT2D eigenvalue weighted by molar-refractivity contribution is -0.138. The van der Waals surface area contributed by atoms with E-state index in [-0.39, 0.29) is 12.5 Å². The highest BCUT2D eigenvalue weighted by Gasteiger charge is 2.24. The highest BCUT2D eigenvalue weighted by atomic mass is 16.6. The van der Waals surface area contributed by atoms with Crippen molar-refractivity contribution in [1.29, 1.82) is 0 Å². The van der Waals surface area contributed by atoms with Gasteiger partial charge in [0.15, 0.2) is 0 Å². The van der Waals surface area contributed by atoms with Gasteiger partial charge in [-0.05, 0) is 58.3 Å². The molecule has 0 radical (unpaired) electrons. The quantitative estimate of drug-likeness (QED) is 0.824. The zero-order chi connectivity index (χ0) is 14.5. The van der Waals surface area contributed by atoms with Crippen molar-refractivity contribution in [2.24, 2.45) is 11.8 Å². The smallest absolute Gasteiger partial charge is 0.407 e. The Morgan fingerprint density at radius 2 is 1.68 bits per heavy atom. The second kappa shape index (κ2) is 6.78. The summed E-state index contributed by atoms with van der Waals surface area (Å²) in [5, 5.41) is 11.5. The molecule has 1 amide bonds. The number of aliphatic carboxylic acids is 1. The van der Waals surface area contributed by atoms with E-state index in [0.29, 0.717) is 18.4 Å². The van der Waals surface area contributed by atoms with Gasteiger partial charge in [-0.3, -0.25) is 4.79 Å². The van der Waals surface area contributed by atoms with Gasteiger partial charge in [-0.15, -0.1) is 0 Å². The molecule has 0 heterocycles. The summed E-state index contributed by atoms with van der Waals surface area (Å²) in [5.41, 5.74) is -0.469. The first-order valence-corrected chi connectivity index (χ1v) is 6.95. The highest BCUT2D eigenvalue weighted by Crippen LogP contribution is 2.30. The molecule has 0 aliphatic heterocycles. The Morgan fingerprint density at radius 3 is 2.16 bits per heavy atom. The second-order valence-electron chi connectivity index (χ2n) is 6.37. The molecule has 5 nitrogen and oxygen atoms in total. The van der Waals surface area contributed by atoms with Crippen molar-refractivity contribution in [2.75, 3.05) is 6.54 Å². The predicted molar refractivity (Wildman–Crippen MR) is 71.9 cm³/mol. The van der Waals surface area contributed by atoms with Crippen LogP contribution in [0, 0.1) is 11.8 Å². The molecule has 1 aliphatic rings. The van der Waals surface area contributed by atoms with Crippen LogP contribution in [0.5, 0.6) is 0 Å². The number of amides is 1. The molecule has 1 fully saturated rings. The average Bonchev–Trinajstić information content (AvgIpc) is 2.25. The lowest BCUT2D eigenvalue weighted by Gasteiger charge is -2.28. The molecular formula is C14H25NO4. The lowest BCUT2D eigenvalue weighted by atomic mass is 9.80. The lowest BCUT2D eigenvalue weighted by Crippen LogP contribution is -2.36. The molecule has 1 aliphatic carbocycles. The van der Waals surface area contributed by atoms with Crippen LogP contribution in [0.3, 0.4) is 0 Å². The van der Waals surface area contributed by atoms with E-state index in [9.17, 15) is 9.59 Å². The van der Waals surface area contributed by atoms with Crippen LogP contribution in [0.15, 0.2) is 0 Å². The van der Waals surface area contributed by atoms with Gasteiger partial charge in [0.2, 0.25) is 0 Å². The molecule has 1 rings (SSSR count). The summed E-state index contributed by atoms with van der Waals surface area (Å²) in [4.78, 5) is 22.1. The third kappa shape index (κ3) is 7.03. The number of rotatable bonds is 4. The molecule has 110 valence electrons. The van der Waals surface area contributed by atoms with E-state index < -0.39 is 11.6 Å². The third-order valence-electron chi connectivity index (χ3n) is 3.36. The Balaban J connectivity index is 2.19. The summed E-state index contributed by atoms with van der Waals surface area (Å²) < 4.78 is 5.17. The average molecular weight is 271 g/mol.